The Kier molecular flexibility index (Phi) is 12.3. The van der Waals surface area contributed by atoms with Gasteiger partial charge in [0.15, 0.2) is 0 Å². The van der Waals surface area contributed by atoms with Crippen LogP contribution in [0, 0.1) is 0 Å². The average molecular weight is 243 g/mol. The lowest BCUT2D eigenvalue weighted by Gasteiger charge is -2.18. The number of rotatable bonds is 12. The van der Waals surface area contributed by atoms with Crippen LogP contribution in [0.3, 0.4) is 0 Å². The summed E-state index contributed by atoms with van der Waals surface area (Å²) in [4.78, 5) is 0. The van der Waals surface area contributed by atoms with Crippen molar-refractivity contribution in [1.82, 2.24) is 5.32 Å². The molecule has 2 nitrogen and oxygen atoms in total. The first kappa shape index (κ1) is 16.9. The molecule has 17 heavy (non-hydrogen) atoms. The normalized spacial score (nSPS) is 14.8. The Morgan fingerprint density at radius 2 is 1.59 bits per heavy atom. The number of unbranched alkanes of at least 4 members (excludes halogenated alkanes) is 5. The summed E-state index contributed by atoms with van der Waals surface area (Å²) in [6.45, 7) is 10.8. The molecule has 0 fully saturated rings. The van der Waals surface area contributed by atoms with E-state index in [9.17, 15) is 0 Å². The van der Waals surface area contributed by atoms with Crippen LogP contribution in [0.5, 0.6) is 0 Å². The third-order valence-corrected chi connectivity index (χ3v) is 3.14. The molecule has 104 valence electrons. The molecule has 0 saturated carbocycles. The van der Waals surface area contributed by atoms with Gasteiger partial charge in [-0.1, -0.05) is 46.0 Å². The van der Waals surface area contributed by atoms with Gasteiger partial charge in [0.1, 0.15) is 0 Å². The zero-order chi connectivity index (χ0) is 12.9. The molecule has 2 atom stereocenters. The standard InChI is InChI=1S/C15H33NO/c1-5-7-8-9-10-11-12-17-15(4)13-14(3)16-6-2/h14-16H,5-13H2,1-4H3. The van der Waals surface area contributed by atoms with Crippen LogP contribution >= 0.6 is 0 Å². The minimum Gasteiger partial charge on any atom is -0.378 e. The molecule has 0 aliphatic carbocycles. The van der Waals surface area contributed by atoms with E-state index in [-0.39, 0.29) is 0 Å². The van der Waals surface area contributed by atoms with Gasteiger partial charge in [-0.2, -0.15) is 0 Å². The van der Waals surface area contributed by atoms with Crippen LogP contribution in [0.1, 0.15) is 72.6 Å². The first-order valence-electron chi connectivity index (χ1n) is 7.55. The molecular weight excluding hydrogens is 210 g/mol. The van der Waals surface area contributed by atoms with Gasteiger partial charge in [-0.25, -0.2) is 0 Å². The smallest absolute Gasteiger partial charge is 0.0561 e. The summed E-state index contributed by atoms with van der Waals surface area (Å²) < 4.78 is 5.83. The molecule has 0 aromatic rings. The minimum absolute atomic E-state index is 0.389. The van der Waals surface area contributed by atoms with Gasteiger partial charge in [0, 0.05) is 12.6 Å². The molecule has 0 saturated heterocycles. The highest BCUT2D eigenvalue weighted by Crippen LogP contribution is 2.07. The van der Waals surface area contributed by atoms with E-state index in [0.717, 1.165) is 19.6 Å². The third kappa shape index (κ3) is 12.2. The highest BCUT2D eigenvalue weighted by molar-refractivity contribution is 4.63. The van der Waals surface area contributed by atoms with Crippen LogP contribution in [-0.4, -0.2) is 25.3 Å². The quantitative estimate of drug-likeness (QED) is 0.520. The lowest BCUT2D eigenvalue weighted by Crippen LogP contribution is -2.29. The highest BCUT2D eigenvalue weighted by Gasteiger charge is 2.07. The molecule has 0 aliphatic rings. The maximum absolute atomic E-state index is 5.83. The second-order valence-corrected chi connectivity index (χ2v) is 5.14. The highest BCUT2D eigenvalue weighted by atomic mass is 16.5. The Morgan fingerprint density at radius 3 is 2.24 bits per heavy atom. The molecule has 2 heteroatoms. The summed E-state index contributed by atoms with van der Waals surface area (Å²) >= 11 is 0. The van der Waals surface area contributed by atoms with Crippen molar-refractivity contribution in [1.29, 1.82) is 0 Å². The van der Waals surface area contributed by atoms with Crippen LogP contribution in [0.15, 0.2) is 0 Å². The summed E-state index contributed by atoms with van der Waals surface area (Å²) in [6.07, 6.45) is 9.54. The van der Waals surface area contributed by atoms with Crippen LogP contribution in [0.25, 0.3) is 0 Å². The van der Waals surface area contributed by atoms with E-state index in [4.69, 9.17) is 4.74 Å². The molecule has 0 spiro atoms. The van der Waals surface area contributed by atoms with Crippen LogP contribution in [-0.2, 0) is 4.74 Å². The lowest BCUT2D eigenvalue weighted by molar-refractivity contribution is 0.0517. The summed E-state index contributed by atoms with van der Waals surface area (Å²) in [5.41, 5.74) is 0. The third-order valence-electron chi connectivity index (χ3n) is 3.14. The van der Waals surface area contributed by atoms with Crippen LogP contribution in [0.4, 0.5) is 0 Å². The number of hydrogen-bond acceptors (Lipinski definition) is 2. The molecule has 0 radical (unpaired) electrons. The van der Waals surface area contributed by atoms with Crippen molar-refractivity contribution < 1.29 is 4.74 Å². The Bertz CT molecular complexity index is 150. The van der Waals surface area contributed by atoms with Gasteiger partial charge in [0.25, 0.3) is 0 Å². The molecule has 0 aliphatic heterocycles. The Balaban J connectivity index is 3.24. The van der Waals surface area contributed by atoms with Crippen molar-refractivity contribution in [3.8, 4) is 0 Å². The fraction of sp³-hybridized carbons (Fsp3) is 1.00. The largest absolute Gasteiger partial charge is 0.378 e. The Labute approximate surface area is 109 Å². The van der Waals surface area contributed by atoms with Gasteiger partial charge in [-0.3, -0.25) is 0 Å². The molecular formula is C15H33NO. The van der Waals surface area contributed by atoms with E-state index in [1.54, 1.807) is 0 Å². The van der Waals surface area contributed by atoms with Gasteiger partial charge in [-0.15, -0.1) is 0 Å². The summed E-state index contributed by atoms with van der Waals surface area (Å²) in [5, 5.41) is 3.42. The zero-order valence-electron chi connectivity index (χ0n) is 12.4. The lowest BCUT2D eigenvalue weighted by atomic mass is 10.1. The minimum atomic E-state index is 0.389. The second kappa shape index (κ2) is 12.4. The topological polar surface area (TPSA) is 21.3 Å². The molecule has 0 heterocycles. The second-order valence-electron chi connectivity index (χ2n) is 5.14. The maximum atomic E-state index is 5.83. The average Bonchev–Trinajstić information content (AvgIpc) is 2.28. The number of nitrogens with one attached hydrogen (secondary N) is 1. The Morgan fingerprint density at radius 1 is 0.941 bits per heavy atom. The SMILES string of the molecule is CCCCCCCCOC(C)CC(C)NCC. The zero-order valence-corrected chi connectivity index (χ0v) is 12.4. The molecule has 0 bridgehead atoms. The first-order valence-corrected chi connectivity index (χ1v) is 7.55. The van der Waals surface area contributed by atoms with Gasteiger partial charge in [-0.05, 0) is 33.2 Å². The molecule has 0 amide bonds. The van der Waals surface area contributed by atoms with Gasteiger partial charge in [0.2, 0.25) is 0 Å². The van der Waals surface area contributed by atoms with Crippen molar-refractivity contribution in [2.24, 2.45) is 0 Å². The molecule has 0 aromatic carbocycles. The van der Waals surface area contributed by atoms with Crippen molar-refractivity contribution >= 4 is 0 Å². The summed E-state index contributed by atoms with van der Waals surface area (Å²) in [5.74, 6) is 0. The van der Waals surface area contributed by atoms with Crippen molar-refractivity contribution in [3.05, 3.63) is 0 Å². The van der Waals surface area contributed by atoms with Gasteiger partial charge >= 0.3 is 0 Å². The number of hydrogen-bond donors (Lipinski definition) is 1. The van der Waals surface area contributed by atoms with E-state index in [1.807, 2.05) is 0 Å². The molecule has 0 aromatic heterocycles. The van der Waals surface area contributed by atoms with Gasteiger partial charge in [0.05, 0.1) is 6.10 Å². The molecule has 1 N–H and O–H groups in total. The predicted molar refractivity (Wildman–Crippen MR) is 76.5 cm³/mol. The first-order chi connectivity index (χ1) is 8.20. The Hall–Kier alpha value is -0.0800. The van der Waals surface area contributed by atoms with Crippen LogP contribution in [0.2, 0.25) is 0 Å². The fourth-order valence-corrected chi connectivity index (χ4v) is 2.16. The molecule has 0 rings (SSSR count). The van der Waals surface area contributed by atoms with E-state index < -0.39 is 0 Å². The summed E-state index contributed by atoms with van der Waals surface area (Å²) in [6, 6.07) is 0.569. The maximum Gasteiger partial charge on any atom is 0.0561 e. The van der Waals surface area contributed by atoms with E-state index in [1.165, 1.54) is 38.5 Å². The van der Waals surface area contributed by atoms with E-state index >= 15 is 0 Å². The summed E-state index contributed by atoms with van der Waals surface area (Å²) in [7, 11) is 0. The van der Waals surface area contributed by atoms with Gasteiger partial charge < -0.3 is 10.1 Å². The van der Waals surface area contributed by atoms with Crippen molar-refractivity contribution in [2.75, 3.05) is 13.2 Å². The monoisotopic (exact) mass is 243 g/mol. The predicted octanol–water partition coefficient (Wildman–Crippen LogP) is 4.14. The van der Waals surface area contributed by atoms with Crippen molar-refractivity contribution in [2.45, 2.75) is 84.8 Å². The van der Waals surface area contributed by atoms with Crippen LogP contribution < -0.4 is 5.32 Å². The molecule has 2 unspecified atom stereocenters. The fourth-order valence-electron chi connectivity index (χ4n) is 2.16. The van der Waals surface area contributed by atoms with E-state index in [2.05, 4.69) is 33.0 Å². The van der Waals surface area contributed by atoms with E-state index in [0.29, 0.717) is 12.1 Å². The number of ether oxygens (including phenoxy) is 1. The van der Waals surface area contributed by atoms with Crippen molar-refractivity contribution in [3.63, 3.8) is 0 Å².